The van der Waals surface area contributed by atoms with E-state index in [-0.39, 0.29) is 0 Å². The molecule has 21 heavy (non-hydrogen) atoms. The van der Waals surface area contributed by atoms with Crippen molar-refractivity contribution in [2.45, 2.75) is 12.8 Å². The summed E-state index contributed by atoms with van der Waals surface area (Å²) in [6.07, 6.45) is 3.77. The Morgan fingerprint density at radius 3 is 2.67 bits per heavy atom. The van der Waals surface area contributed by atoms with Gasteiger partial charge in [0, 0.05) is 12.6 Å². The molecule has 2 N–H and O–H groups in total. The smallest absolute Gasteiger partial charge is 0.213 e. The standard InChI is InChI=1S/C16H19N3OS/c1-20-15-10-9-14(12-18-15)19-16(21)17-11-5-8-13-6-3-2-4-7-13/h2-4,6-7,9-10,12H,5,8,11H2,1H3,(H2,17,19,21). The van der Waals surface area contributed by atoms with Crippen LogP contribution in [-0.4, -0.2) is 23.8 Å². The Bertz CT molecular complexity index is 557. The third-order valence-electron chi connectivity index (χ3n) is 2.97. The molecule has 5 heteroatoms. The fourth-order valence-corrected chi connectivity index (χ4v) is 2.11. The van der Waals surface area contributed by atoms with Crippen molar-refractivity contribution < 1.29 is 4.74 Å². The molecule has 0 atom stereocenters. The van der Waals surface area contributed by atoms with Gasteiger partial charge in [0.25, 0.3) is 0 Å². The summed E-state index contributed by atoms with van der Waals surface area (Å²) >= 11 is 5.25. The number of aromatic nitrogens is 1. The predicted octanol–water partition coefficient (Wildman–Crippen LogP) is 3.01. The van der Waals surface area contributed by atoms with Crippen LogP contribution in [0.25, 0.3) is 0 Å². The first kappa shape index (κ1) is 15.3. The van der Waals surface area contributed by atoms with E-state index < -0.39 is 0 Å². The number of ether oxygens (including phenoxy) is 1. The molecule has 1 aromatic carbocycles. The molecule has 1 heterocycles. The van der Waals surface area contributed by atoms with Crippen LogP contribution >= 0.6 is 12.2 Å². The van der Waals surface area contributed by atoms with Gasteiger partial charge in [0.05, 0.1) is 19.0 Å². The molecule has 0 aliphatic rings. The molecular formula is C16H19N3OS. The molecule has 0 aliphatic heterocycles. The second-order valence-corrected chi connectivity index (χ2v) is 4.97. The first-order chi connectivity index (χ1) is 10.3. The summed E-state index contributed by atoms with van der Waals surface area (Å²) in [5, 5.41) is 6.89. The summed E-state index contributed by atoms with van der Waals surface area (Å²) in [6, 6.07) is 14.1. The normalized spacial score (nSPS) is 9.95. The number of anilines is 1. The first-order valence-electron chi connectivity index (χ1n) is 6.87. The summed E-state index contributed by atoms with van der Waals surface area (Å²) in [4.78, 5) is 4.11. The van der Waals surface area contributed by atoms with Crippen LogP contribution in [0.3, 0.4) is 0 Å². The summed E-state index contributed by atoms with van der Waals surface area (Å²) in [7, 11) is 1.59. The Hall–Kier alpha value is -2.14. The third-order valence-corrected chi connectivity index (χ3v) is 3.22. The molecule has 0 aliphatic carbocycles. The molecule has 1 aromatic heterocycles. The number of aryl methyl sites for hydroxylation is 1. The SMILES string of the molecule is COc1ccc(NC(=S)NCCCc2ccccc2)cn1. The van der Waals surface area contributed by atoms with Crippen molar-refractivity contribution >= 4 is 23.0 Å². The lowest BCUT2D eigenvalue weighted by Crippen LogP contribution is -2.29. The van der Waals surface area contributed by atoms with Crippen LogP contribution in [0.15, 0.2) is 48.7 Å². The van der Waals surface area contributed by atoms with Gasteiger partial charge in [-0.05, 0) is 36.7 Å². The Labute approximate surface area is 130 Å². The van der Waals surface area contributed by atoms with E-state index in [4.69, 9.17) is 17.0 Å². The molecule has 2 aromatic rings. The van der Waals surface area contributed by atoms with Crippen molar-refractivity contribution in [3.8, 4) is 5.88 Å². The second-order valence-electron chi connectivity index (χ2n) is 4.56. The van der Waals surface area contributed by atoms with Gasteiger partial charge in [0.2, 0.25) is 5.88 Å². The maximum Gasteiger partial charge on any atom is 0.213 e. The van der Waals surface area contributed by atoms with Gasteiger partial charge >= 0.3 is 0 Å². The van der Waals surface area contributed by atoms with E-state index in [1.165, 1.54) is 5.56 Å². The summed E-state index contributed by atoms with van der Waals surface area (Å²) in [5.41, 5.74) is 2.19. The average molecular weight is 301 g/mol. The van der Waals surface area contributed by atoms with Crippen LogP contribution in [0.5, 0.6) is 5.88 Å². The van der Waals surface area contributed by atoms with E-state index in [1.807, 2.05) is 12.1 Å². The van der Waals surface area contributed by atoms with E-state index in [2.05, 4.69) is 39.9 Å². The molecule has 2 rings (SSSR count). The molecule has 4 nitrogen and oxygen atoms in total. The quantitative estimate of drug-likeness (QED) is 0.634. The zero-order valence-corrected chi connectivity index (χ0v) is 12.8. The van der Waals surface area contributed by atoms with Gasteiger partial charge in [-0.25, -0.2) is 4.98 Å². The molecule has 0 amide bonds. The lowest BCUT2D eigenvalue weighted by molar-refractivity contribution is 0.398. The van der Waals surface area contributed by atoms with Crippen molar-refractivity contribution in [1.29, 1.82) is 0 Å². The highest BCUT2D eigenvalue weighted by Gasteiger charge is 1.99. The number of pyridine rings is 1. The number of nitrogens with zero attached hydrogens (tertiary/aromatic N) is 1. The number of hydrogen-bond donors (Lipinski definition) is 2. The fraction of sp³-hybridized carbons (Fsp3) is 0.250. The molecule has 0 radical (unpaired) electrons. The Kier molecular flexibility index (Phi) is 5.97. The van der Waals surface area contributed by atoms with Crippen LogP contribution in [0.4, 0.5) is 5.69 Å². The van der Waals surface area contributed by atoms with Gasteiger partial charge < -0.3 is 15.4 Å². The highest BCUT2D eigenvalue weighted by molar-refractivity contribution is 7.80. The molecule has 0 saturated heterocycles. The first-order valence-corrected chi connectivity index (χ1v) is 7.27. The minimum absolute atomic E-state index is 0.585. The Morgan fingerprint density at radius 2 is 2.00 bits per heavy atom. The van der Waals surface area contributed by atoms with Gasteiger partial charge in [0.15, 0.2) is 5.11 Å². The molecular weight excluding hydrogens is 282 g/mol. The summed E-state index contributed by atoms with van der Waals surface area (Å²) < 4.78 is 5.01. The topological polar surface area (TPSA) is 46.2 Å². The zero-order chi connectivity index (χ0) is 14.9. The molecule has 0 spiro atoms. The van der Waals surface area contributed by atoms with Crippen molar-refractivity contribution in [3.05, 3.63) is 54.2 Å². The zero-order valence-electron chi connectivity index (χ0n) is 12.0. The lowest BCUT2D eigenvalue weighted by atomic mass is 10.1. The highest BCUT2D eigenvalue weighted by Crippen LogP contribution is 2.10. The maximum atomic E-state index is 5.25. The summed E-state index contributed by atoms with van der Waals surface area (Å²) in [5.74, 6) is 0.585. The largest absolute Gasteiger partial charge is 0.481 e. The maximum absolute atomic E-state index is 5.25. The van der Waals surface area contributed by atoms with Crippen LogP contribution in [-0.2, 0) is 6.42 Å². The van der Waals surface area contributed by atoms with E-state index in [9.17, 15) is 0 Å². The van der Waals surface area contributed by atoms with Crippen molar-refractivity contribution in [1.82, 2.24) is 10.3 Å². The lowest BCUT2D eigenvalue weighted by Gasteiger charge is -2.10. The van der Waals surface area contributed by atoms with Crippen LogP contribution < -0.4 is 15.4 Å². The fourth-order valence-electron chi connectivity index (χ4n) is 1.89. The predicted molar refractivity (Wildman–Crippen MR) is 89.8 cm³/mol. The molecule has 0 fully saturated rings. The van der Waals surface area contributed by atoms with Gasteiger partial charge in [-0.3, -0.25) is 0 Å². The van der Waals surface area contributed by atoms with Crippen molar-refractivity contribution in [3.63, 3.8) is 0 Å². The van der Waals surface area contributed by atoms with Gasteiger partial charge in [-0.1, -0.05) is 30.3 Å². The molecule has 0 bridgehead atoms. The van der Waals surface area contributed by atoms with E-state index in [0.29, 0.717) is 11.0 Å². The van der Waals surface area contributed by atoms with Gasteiger partial charge in [-0.2, -0.15) is 0 Å². The Balaban J connectivity index is 1.67. The van der Waals surface area contributed by atoms with Crippen molar-refractivity contribution in [2.75, 3.05) is 19.0 Å². The minimum Gasteiger partial charge on any atom is -0.481 e. The van der Waals surface area contributed by atoms with Crippen LogP contribution in [0.1, 0.15) is 12.0 Å². The number of methoxy groups -OCH3 is 1. The van der Waals surface area contributed by atoms with E-state index in [1.54, 1.807) is 19.4 Å². The monoisotopic (exact) mass is 301 g/mol. The number of thiocarbonyl (C=S) groups is 1. The molecule has 110 valence electrons. The second kappa shape index (κ2) is 8.21. The third kappa shape index (κ3) is 5.39. The summed E-state index contributed by atoms with van der Waals surface area (Å²) in [6.45, 7) is 0.838. The highest BCUT2D eigenvalue weighted by atomic mass is 32.1. The molecule has 0 saturated carbocycles. The minimum atomic E-state index is 0.585. The van der Waals surface area contributed by atoms with Gasteiger partial charge in [-0.15, -0.1) is 0 Å². The Morgan fingerprint density at radius 1 is 1.19 bits per heavy atom. The molecule has 0 unspecified atom stereocenters. The van der Waals surface area contributed by atoms with Crippen LogP contribution in [0, 0.1) is 0 Å². The number of hydrogen-bond acceptors (Lipinski definition) is 3. The number of nitrogens with one attached hydrogen (secondary N) is 2. The number of benzene rings is 1. The van der Waals surface area contributed by atoms with Gasteiger partial charge in [0.1, 0.15) is 0 Å². The van der Waals surface area contributed by atoms with E-state index in [0.717, 1.165) is 25.1 Å². The average Bonchev–Trinajstić information content (AvgIpc) is 2.53. The number of rotatable bonds is 6. The van der Waals surface area contributed by atoms with Crippen LogP contribution in [0.2, 0.25) is 0 Å². The van der Waals surface area contributed by atoms with E-state index >= 15 is 0 Å². The van der Waals surface area contributed by atoms with Crippen molar-refractivity contribution in [2.24, 2.45) is 0 Å².